The molecule has 0 spiro atoms. The molecule has 0 N–H and O–H groups in total. The van der Waals surface area contributed by atoms with Gasteiger partial charge in [-0.1, -0.05) is 29.8 Å². The molecule has 74 valence electrons. The lowest BCUT2D eigenvalue weighted by molar-refractivity contribution is -0.00281. The van der Waals surface area contributed by atoms with E-state index in [0.717, 1.165) is 13.3 Å². The summed E-state index contributed by atoms with van der Waals surface area (Å²) in [5.41, 5.74) is 0. The van der Waals surface area contributed by atoms with Crippen molar-refractivity contribution in [2.75, 3.05) is 5.33 Å². The normalized spacial score (nSPS) is 15.2. The third-order valence-electron chi connectivity index (χ3n) is 1.67. The topological polar surface area (TPSA) is 0 Å². The predicted molar refractivity (Wildman–Crippen MR) is 52.0 cm³/mol. The van der Waals surface area contributed by atoms with Gasteiger partial charge in [-0.05, 0) is 25.2 Å². The van der Waals surface area contributed by atoms with Crippen LogP contribution in [0.15, 0.2) is 0 Å². The average Bonchev–Trinajstić information content (AvgIpc) is 1.82. The van der Waals surface area contributed by atoms with E-state index >= 15 is 0 Å². The van der Waals surface area contributed by atoms with Crippen molar-refractivity contribution in [1.29, 1.82) is 0 Å². The Kier molecular flexibility index (Phi) is 5.30. The van der Waals surface area contributed by atoms with E-state index in [1.54, 1.807) is 0 Å². The molecule has 0 bridgehead atoms. The zero-order valence-corrected chi connectivity index (χ0v) is 9.50. The van der Waals surface area contributed by atoms with Crippen molar-refractivity contribution in [3.05, 3.63) is 0 Å². The molecule has 0 saturated heterocycles. The maximum Gasteiger partial charge on any atom is 0.245 e. The van der Waals surface area contributed by atoms with Crippen molar-refractivity contribution in [3.8, 4) is 0 Å². The summed E-state index contributed by atoms with van der Waals surface area (Å²) in [6, 6.07) is 0. The van der Waals surface area contributed by atoms with Crippen molar-refractivity contribution in [2.24, 2.45) is 11.8 Å². The van der Waals surface area contributed by atoms with E-state index in [0.29, 0.717) is 11.2 Å². The van der Waals surface area contributed by atoms with Crippen molar-refractivity contribution >= 4 is 15.9 Å². The van der Waals surface area contributed by atoms with Crippen LogP contribution in [0.2, 0.25) is 0 Å². The first-order valence-corrected chi connectivity index (χ1v) is 5.41. The largest absolute Gasteiger partial charge is 0.245 e. The highest BCUT2D eigenvalue weighted by Crippen LogP contribution is 2.27. The van der Waals surface area contributed by atoms with Gasteiger partial charge in [-0.25, -0.2) is 8.78 Å². The summed E-state index contributed by atoms with van der Waals surface area (Å²) in [6.07, 6.45) is 0.866. The summed E-state index contributed by atoms with van der Waals surface area (Å²) < 4.78 is 25.2. The summed E-state index contributed by atoms with van der Waals surface area (Å²) in [6.45, 7) is 5.11. The van der Waals surface area contributed by atoms with E-state index in [4.69, 9.17) is 0 Å². The molecule has 1 unspecified atom stereocenters. The minimum atomic E-state index is -2.52. The van der Waals surface area contributed by atoms with Crippen LogP contribution in [-0.4, -0.2) is 11.3 Å². The molecule has 0 saturated carbocycles. The second kappa shape index (κ2) is 5.15. The molecule has 0 aromatic rings. The first kappa shape index (κ1) is 12.3. The molecule has 0 aliphatic rings. The maximum atomic E-state index is 12.6. The molecule has 0 rings (SSSR count). The molecule has 0 aromatic carbocycles. The Morgan fingerprint density at radius 1 is 1.33 bits per heavy atom. The van der Waals surface area contributed by atoms with E-state index in [1.165, 1.54) is 0 Å². The fourth-order valence-electron chi connectivity index (χ4n) is 1.37. The van der Waals surface area contributed by atoms with Crippen LogP contribution in [0.3, 0.4) is 0 Å². The zero-order valence-electron chi connectivity index (χ0n) is 7.91. The summed E-state index contributed by atoms with van der Waals surface area (Å²) in [5.74, 6) is -1.92. The number of hydrogen-bond acceptors (Lipinski definition) is 0. The third kappa shape index (κ3) is 7.01. The van der Waals surface area contributed by atoms with Crippen LogP contribution in [0.1, 0.15) is 33.6 Å². The number of halogens is 3. The average molecular weight is 243 g/mol. The monoisotopic (exact) mass is 242 g/mol. The van der Waals surface area contributed by atoms with E-state index in [2.05, 4.69) is 29.8 Å². The van der Waals surface area contributed by atoms with Crippen LogP contribution in [0.4, 0.5) is 8.78 Å². The molecular weight excluding hydrogens is 226 g/mol. The molecular formula is C9H17BrF2. The van der Waals surface area contributed by atoms with Crippen LogP contribution in [0.25, 0.3) is 0 Å². The lowest BCUT2D eigenvalue weighted by atomic mass is 9.94. The summed E-state index contributed by atoms with van der Waals surface area (Å²) >= 11 is 3.26. The zero-order chi connectivity index (χ0) is 9.78. The summed E-state index contributed by atoms with van der Waals surface area (Å²) in [7, 11) is 0. The van der Waals surface area contributed by atoms with Gasteiger partial charge in [0.1, 0.15) is 0 Å². The lowest BCUT2D eigenvalue weighted by Crippen LogP contribution is -2.18. The molecule has 0 aliphatic heterocycles. The molecule has 3 heteroatoms. The van der Waals surface area contributed by atoms with E-state index < -0.39 is 5.92 Å². The molecule has 0 aromatic heterocycles. The Morgan fingerprint density at radius 3 is 2.08 bits per heavy atom. The lowest BCUT2D eigenvalue weighted by Gasteiger charge is -2.20. The van der Waals surface area contributed by atoms with E-state index in [9.17, 15) is 8.78 Å². The molecule has 12 heavy (non-hydrogen) atoms. The Bertz CT molecular complexity index is 118. The van der Waals surface area contributed by atoms with Crippen LogP contribution in [0, 0.1) is 11.8 Å². The second-order valence-electron chi connectivity index (χ2n) is 3.92. The van der Waals surface area contributed by atoms with Crippen LogP contribution < -0.4 is 0 Å². The van der Waals surface area contributed by atoms with Gasteiger partial charge in [-0.15, -0.1) is 0 Å². The number of hydrogen-bond donors (Lipinski definition) is 0. The van der Waals surface area contributed by atoms with Crippen LogP contribution >= 0.6 is 15.9 Å². The minimum absolute atomic E-state index is 0.00354. The maximum absolute atomic E-state index is 12.6. The Balaban J connectivity index is 3.83. The van der Waals surface area contributed by atoms with Gasteiger partial charge in [-0.3, -0.25) is 0 Å². The van der Waals surface area contributed by atoms with Crippen molar-refractivity contribution in [1.82, 2.24) is 0 Å². The van der Waals surface area contributed by atoms with E-state index in [-0.39, 0.29) is 12.3 Å². The van der Waals surface area contributed by atoms with Crippen LogP contribution in [0.5, 0.6) is 0 Å². The summed E-state index contributed by atoms with van der Waals surface area (Å²) in [4.78, 5) is 0. The molecule has 0 heterocycles. The molecule has 0 radical (unpaired) electrons. The standard InChI is InChI=1S/C9H17BrF2/c1-7(2)4-8(6-10)5-9(3,11)12/h7-8H,4-6H2,1-3H3. The fraction of sp³-hybridized carbons (Fsp3) is 1.00. The van der Waals surface area contributed by atoms with Gasteiger partial charge in [-0.2, -0.15) is 0 Å². The predicted octanol–water partition coefficient (Wildman–Crippen LogP) is 4.09. The molecule has 0 nitrogen and oxygen atoms in total. The van der Waals surface area contributed by atoms with Gasteiger partial charge < -0.3 is 0 Å². The van der Waals surface area contributed by atoms with Gasteiger partial charge >= 0.3 is 0 Å². The van der Waals surface area contributed by atoms with Gasteiger partial charge in [0.15, 0.2) is 0 Å². The quantitative estimate of drug-likeness (QED) is 0.638. The van der Waals surface area contributed by atoms with Crippen molar-refractivity contribution < 1.29 is 8.78 Å². The van der Waals surface area contributed by atoms with Gasteiger partial charge in [0, 0.05) is 11.8 Å². The fourth-order valence-corrected chi connectivity index (χ4v) is 1.87. The first-order valence-electron chi connectivity index (χ1n) is 4.29. The summed E-state index contributed by atoms with van der Waals surface area (Å²) in [5, 5.41) is 0.675. The van der Waals surface area contributed by atoms with Crippen molar-refractivity contribution in [3.63, 3.8) is 0 Å². The Hall–Kier alpha value is 0.340. The molecule has 1 atom stereocenters. The highest BCUT2D eigenvalue weighted by Gasteiger charge is 2.26. The molecule has 0 amide bonds. The molecule has 0 aliphatic carbocycles. The minimum Gasteiger partial charge on any atom is -0.207 e. The highest BCUT2D eigenvalue weighted by molar-refractivity contribution is 9.09. The smallest absolute Gasteiger partial charge is 0.207 e. The third-order valence-corrected chi connectivity index (χ3v) is 2.59. The number of alkyl halides is 3. The Morgan fingerprint density at radius 2 is 1.83 bits per heavy atom. The van der Waals surface area contributed by atoms with Gasteiger partial charge in [0.25, 0.3) is 0 Å². The second-order valence-corrected chi connectivity index (χ2v) is 4.57. The van der Waals surface area contributed by atoms with Crippen molar-refractivity contribution in [2.45, 2.75) is 39.5 Å². The highest BCUT2D eigenvalue weighted by atomic mass is 79.9. The van der Waals surface area contributed by atoms with Crippen LogP contribution in [-0.2, 0) is 0 Å². The van der Waals surface area contributed by atoms with E-state index in [1.807, 2.05) is 0 Å². The Labute approximate surface area is 81.9 Å². The first-order chi connectivity index (χ1) is 5.35. The number of rotatable bonds is 5. The van der Waals surface area contributed by atoms with Gasteiger partial charge in [0.05, 0.1) is 0 Å². The molecule has 0 fully saturated rings. The SMILES string of the molecule is CC(C)CC(CBr)CC(C)(F)F. The van der Waals surface area contributed by atoms with Gasteiger partial charge in [0.2, 0.25) is 5.92 Å².